The Morgan fingerprint density at radius 3 is 2.47 bits per heavy atom. The van der Waals surface area contributed by atoms with Crippen LogP contribution in [0.1, 0.15) is 92.9 Å². The molecule has 188 valence electrons. The van der Waals surface area contributed by atoms with Gasteiger partial charge in [0, 0.05) is 11.8 Å². The van der Waals surface area contributed by atoms with E-state index in [1.165, 1.54) is 31.3 Å². The van der Waals surface area contributed by atoms with Gasteiger partial charge in [-0.25, -0.2) is 0 Å². The van der Waals surface area contributed by atoms with E-state index in [2.05, 4.69) is 47.6 Å². The molecule has 8 rings (SSSR count). The summed E-state index contributed by atoms with van der Waals surface area (Å²) in [5.41, 5.74) is 1.33. The first-order valence-electron chi connectivity index (χ1n) is 14.2. The van der Waals surface area contributed by atoms with Gasteiger partial charge in [0.05, 0.1) is 5.41 Å². The lowest BCUT2D eigenvalue weighted by Gasteiger charge is -2.70. The molecule has 34 heavy (non-hydrogen) atoms. The van der Waals surface area contributed by atoms with Crippen LogP contribution in [0.4, 0.5) is 0 Å². The van der Waals surface area contributed by atoms with Crippen molar-refractivity contribution in [2.24, 2.45) is 56.7 Å². The molecule has 3 saturated heterocycles. The van der Waals surface area contributed by atoms with Gasteiger partial charge in [-0.2, -0.15) is 0 Å². The van der Waals surface area contributed by atoms with Crippen LogP contribution in [0.3, 0.4) is 0 Å². The maximum Gasteiger partial charge on any atom is 0.315 e. The minimum atomic E-state index is -0.811. The summed E-state index contributed by atoms with van der Waals surface area (Å²) >= 11 is 0. The average Bonchev–Trinajstić information content (AvgIpc) is 3.23. The molecule has 12 atom stereocenters. The van der Waals surface area contributed by atoms with Gasteiger partial charge in [0.25, 0.3) is 0 Å². The number of allylic oxidation sites excluding steroid dienone is 1. The van der Waals surface area contributed by atoms with E-state index in [0.717, 1.165) is 43.4 Å². The van der Waals surface area contributed by atoms with E-state index in [1.54, 1.807) is 0 Å². The SMILES string of the molecule is CC(C)[C@H]1CC[C@@H]2[C@]1(C)CC[C@]1(C)[C@H]3CC[C@H]4[C@]5(C)C(=O)O[C@@H]6C[C@@]4(C3=CC[C@@]21C)[C@@H](O)O[C@@H]65. The first-order valence-corrected chi connectivity index (χ1v) is 14.2. The fraction of sp³-hybridized carbons (Fsp3) is 0.900. The number of ether oxygens (including phenoxy) is 2. The van der Waals surface area contributed by atoms with Gasteiger partial charge in [0.15, 0.2) is 6.29 Å². The molecule has 0 unspecified atom stereocenters. The van der Waals surface area contributed by atoms with E-state index in [0.29, 0.717) is 11.3 Å². The fourth-order valence-electron chi connectivity index (χ4n) is 12.2. The third kappa shape index (κ3) is 2.10. The van der Waals surface area contributed by atoms with Crippen LogP contribution in [0, 0.1) is 56.7 Å². The van der Waals surface area contributed by atoms with Gasteiger partial charge in [-0.15, -0.1) is 0 Å². The molecular weight excluding hydrogens is 424 g/mol. The second-order valence-electron chi connectivity index (χ2n) is 14.7. The highest BCUT2D eigenvalue weighted by atomic mass is 16.7. The molecule has 3 heterocycles. The minimum Gasteiger partial charge on any atom is -0.459 e. The number of fused-ring (bicyclic) bond motifs is 6. The Labute approximate surface area is 205 Å². The summed E-state index contributed by atoms with van der Waals surface area (Å²) in [5, 5.41) is 11.5. The number of aliphatic hydroxyl groups excluding tert-OH is 1. The molecule has 4 bridgehead atoms. The Morgan fingerprint density at radius 2 is 1.74 bits per heavy atom. The van der Waals surface area contributed by atoms with E-state index < -0.39 is 17.1 Å². The van der Waals surface area contributed by atoms with Crippen LogP contribution in [0.25, 0.3) is 0 Å². The van der Waals surface area contributed by atoms with E-state index >= 15 is 0 Å². The van der Waals surface area contributed by atoms with Crippen LogP contribution in [0.2, 0.25) is 0 Å². The van der Waals surface area contributed by atoms with Crippen molar-refractivity contribution in [3.8, 4) is 0 Å². The molecule has 0 radical (unpaired) electrons. The molecule has 8 aliphatic rings. The van der Waals surface area contributed by atoms with Gasteiger partial charge in [-0.3, -0.25) is 4.79 Å². The van der Waals surface area contributed by atoms with Crippen LogP contribution in [0.5, 0.6) is 0 Å². The Hall–Kier alpha value is -0.870. The lowest BCUT2D eigenvalue weighted by molar-refractivity contribution is -0.327. The number of carbonyl (C=O) groups excluding carboxylic acids is 1. The Balaban J connectivity index is 1.34. The van der Waals surface area contributed by atoms with Crippen molar-refractivity contribution in [1.82, 2.24) is 0 Å². The van der Waals surface area contributed by atoms with E-state index in [9.17, 15) is 9.90 Å². The standard InChI is InChI=1S/C30H44O4/c1-16(2)17-7-9-21-26(17,3)13-14-27(4)18-8-10-22-29(6)23-20(33-24(29)31)15-30(22,25(32)34-23)19(18)11-12-28(21,27)5/h11,16-18,20-23,25,32H,7-10,12-15H2,1-6H3/t17-,18+,20-,21-,22+,23+,25+,26-,27-,28+,29+,30+/m1/s1. The lowest BCUT2D eigenvalue weighted by atomic mass is 9.35. The average molecular weight is 469 g/mol. The molecule has 5 aliphatic carbocycles. The third-order valence-corrected chi connectivity index (χ3v) is 13.9. The summed E-state index contributed by atoms with van der Waals surface area (Å²) < 4.78 is 12.1. The molecule has 1 spiro atoms. The van der Waals surface area contributed by atoms with Crippen LogP contribution >= 0.6 is 0 Å². The monoisotopic (exact) mass is 468 g/mol. The topological polar surface area (TPSA) is 55.8 Å². The van der Waals surface area contributed by atoms with Crippen molar-refractivity contribution in [3.63, 3.8) is 0 Å². The summed E-state index contributed by atoms with van der Waals surface area (Å²) in [6.45, 7) is 14.8. The van der Waals surface area contributed by atoms with Crippen molar-refractivity contribution in [2.75, 3.05) is 0 Å². The number of hydrogen-bond acceptors (Lipinski definition) is 4. The summed E-state index contributed by atoms with van der Waals surface area (Å²) in [5.74, 6) is 2.86. The van der Waals surface area contributed by atoms with Gasteiger partial charge in [0.1, 0.15) is 12.2 Å². The first-order chi connectivity index (χ1) is 15.9. The molecule has 4 heteroatoms. The molecule has 4 nitrogen and oxygen atoms in total. The second-order valence-corrected chi connectivity index (χ2v) is 14.7. The van der Waals surface area contributed by atoms with Crippen molar-refractivity contribution in [1.29, 1.82) is 0 Å². The van der Waals surface area contributed by atoms with Crippen LogP contribution in [-0.2, 0) is 14.3 Å². The highest BCUT2D eigenvalue weighted by Gasteiger charge is 2.78. The quantitative estimate of drug-likeness (QED) is 0.386. The van der Waals surface area contributed by atoms with Gasteiger partial charge in [-0.05, 0) is 97.7 Å². The smallest absolute Gasteiger partial charge is 0.315 e. The molecule has 0 aromatic carbocycles. The van der Waals surface area contributed by atoms with Gasteiger partial charge < -0.3 is 14.6 Å². The van der Waals surface area contributed by atoms with E-state index in [1.807, 2.05) is 0 Å². The number of aliphatic hydroxyl groups is 1. The molecule has 0 aromatic rings. The molecule has 4 saturated carbocycles. The Kier molecular flexibility index (Phi) is 4.16. The van der Waals surface area contributed by atoms with E-state index in [4.69, 9.17) is 9.47 Å². The predicted octanol–water partition coefficient (Wildman–Crippen LogP) is 5.88. The summed E-state index contributed by atoms with van der Waals surface area (Å²) in [7, 11) is 0. The molecule has 1 N–H and O–H groups in total. The predicted molar refractivity (Wildman–Crippen MR) is 129 cm³/mol. The summed E-state index contributed by atoms with van der Waals surface area (Å²) in [6.07, 6.45) is 10.6. The zero-order valence-electron chi connectivity index (χ0n) is 22.0. The number of hydrogen-bond donors (Lipinski definition) is 1. The zero-order chi connectivity index (χ0) is 24.1. The minimum absolute atomic E-state index is 0.0914. The molecule has 0 amide bonds. The zero-order valence-corrected chi connectivity index (χ0v) is 22.0. The van der Waals surface area contributed by atoms with Crippen molar-refractivity contribution < 1.29 is 19.4 Å². The van der Waals surface area contributed by atoms with Crippen LogP contribution in [-0.4, -0.2) is 29.6 Å². The Morgan fingerprint density at radius 1 is 1.00 bits per heavy atom. The molecule has 3 aliphatic heterocycles. The summed E-state index contributed by atoms with van der Waals surface area (Å²) in [4.78, 5) is 13.1. The number of esters is 1. The normalized spacial score (nSPS) is 61.4. The maximum absolute atomic E-state index is 13.1. The van der Waals surface area contributed by atoms with Crippen LogP contribution in [0.15, 0.2) is 11.6 Å². The third-order valence-electron chi connectivity index (χ3n) is 13.9. The molecule has 0 aromatic heterocycles. The van der Waals surface area contributed by atoms with E-state index in [-0.39, 0.29) is 34.9 Å². The lowest BCUT2D eigenvalue weighted by Crippen LogP contribution is -2.71. The number of carbonyl (C=O) groups is 1. The number of rotatable bonds is 1. The van der Waals surface area contributed by atoms with Gasteiger partial charge in [-0.1, -0.05) is 46.3 Å². The van der Waals surface area contributed by atoms with Gasteiger partial charge >= 0.3 is 5.97 Å². The van der Waals surface area contributed by atoms with Crippen molar-refractivity contribution in [2.45, 2.75) is 111 Å². The maximum atomic E-state index is 13.1. The molecule has 7 fully saturated rings. The molecular formula is C30H44O4. The van der Waals surface area contributed by atoms with Crippen molar-refractivity contribution >= 4 is 5.97 Å². The highest BCUT2D eigenvalue weighted by Crippen LogP contribution is 2.78. The summed E-state index contributed by atoms with van der Waals surface area (Å²) in [6, 6.07) is 0. The Bertz CT molecular complexity index is 986. The fourth-order valence-corrected chi connectivity index (χ4v) is 12.2. The van der Waals surface area contributed by atoms with Crippen LogP contribution < -0.4 is 0 Å². The first kappa shape index (κ1) is 22.3. The van der Waals surface area contributed by atoms with Gasteiger partial charge in [0.2, 0.25) is 0 Å². The highest BCUT2D eigenvalue weighted by molar-refractivity contribution is 5.82. The van der Waals surface area contributed by atoms with Crippen molar-refractivity contribution in [3.05, 3.63) is 11.6 Å². The largest absolute Gasteiger partial charge is 0.459 e. The second kappa shape index (κ2) is 6.33.